The highest BCUT2D eigenvalue weighted by Gasteiger charge is 2.31. The number of amides is 1. The van der Waals surface area contributed by atoms with Gasteiger partial charge >= 0.3 is 0 Å². The summed E-state index contributed by atoms with van der Waals surface area (Å²) < 4.78 is 43.7. The van der Waals surface area contributed by atoms with Crippen molar-refractivity contribution in [2.75, 3.05) is 46.0 Å². The maximum absolute atomic E-state index is 13.0. The molecule has 0 bridgehead atoms. The van der Waals surface area contributed by atoms with Crippen molar-refractivity contribution in [1.29, 1.82) is 0 Å². The molecule has 0 radical (unpaired) electrons. The lowest BCUT2D eigenvalue weighted by atomic mass is 10.2. The van der Waals surface area contributed by atoms with Gasteiger partial charge in [-0.15, -0.1) is 0 Å². The molecule has 0 saturated carbocycles. The summed E-state index contributed by atoms with van der Waals surface area (Å²) in [6, 6.07) is 11.2. The van der Waals surface area contributed by atoms with E-state index in [9.17, 15) is 18.0 Å². The lowest BCUT2D eigenvalue weighted by Crippen LogP contribution is -2.51. The van der Waals surface area contributed by atoms with Crippen molar-refractivity contribution in [2.45, 2.75) is 4.90 Å². The molecule has 1 fully saturated rings. The number of aldehydes is 1. The molecule has 1 saturated heterocycles. The number of carbonyl (C=O) groups excluding carboxylic acids is 2. The smallest absolute Gasteiger partial charge is 0.260 e. The van der Waals surface area contributed by atoms with Crippen LogP contribution in [0.3, 0.4) is 0 Å². The molecule has 2 aliphatic rings. The Labute approximate surface area is 180 Å². The first kappa shape index (κ1) is 21.1. The predicted molar refractivity (Wildman–Crippen MR) is 110 cm³/mol. The first-order chi connectivity index (χ1) is 15.0. The van der Waals surface area contributed by atoms with Crippen LogP contribution in [0.25, 0.3) is 0 Å². The lowest BCUT2D eigenvalue weighted by Gasteiger charge is -2.34. The number of piperazine rings is 1. The van der Waals surface area contributed by atoms with Gasteiger partial charge in [0.2, 0.25) is 10.0 Å². The number of rotatable bonds is 6. The average Bonchev–Trinajstić information content (AvgIpc) is 2.82. The highest BCUT2D eigenvalue weighted by atomic mass is 32.2. The first-order valence-electron chi connectivity index (χ1n) is 9.83. The first-order valence-corrected chi connectivity index (χ1v) is 11.3. The Morgan fingerprint density at radius 1 is 1.00 bits per heavy atom. The Morgan fingerprint density at radius 3 is 2.45 bits per heavy atom. The fraction of sp³-hybridized carbons (Fsp3) is 0.333. The third-order valence-corrected chi connectivity index (χ3v) is 7.03. The topological polar surface area (TPSA) is 102 Å². The largest absolute Gasteiger partial charge is 0.486 e. The molecule has 0 spiro atoms. The number of benzene rings is 2. The summed E-state index contributed by atoms with van der Waals surface area (Å²) in [6.07, 6.45) is 0.668. The van der Waals surface area contributed by atoms with Crippen LogP contribution in [0.2, 0.25) is 0 Å². The quantitative estimate of drug-likeness (QED) is 0.614. The maximum atomic E-state index is 13.0. The third kappa shape index (κ3) is 4.49. The number of sulfonamides is 1. The van der Waals surface area contributed by atoms with Crippen molar-refractivity contribution in [3.8, 4) is 17.2 Å². The van der Waals surface area contributed by atoms with Gasteiger partial charge in [0.15, 0.2) is 24.4 Å². The Morgan fingerprint density at radius 2 is 1.71 bits per heavy atom. The minimum atomic E-state index is -3.72. The van der Waals surface area contributed by atoms with Crippen molar-refractivity contribution < 1.29 is 32.2 Å². The number of nitrogens with zero attached hydrogens (tertiary/aromatic N) is 2. The zero-order valence-corrected chi connectivity index (χ0v) is 17.5. The monoisotopic (exact) mass is 446 g/mol. The minimum absolute atomic E-state index is 0.130. The van der Waals surface area contributed by atoms with Gasteiger partial charge in [-0.1, -0.05) is 12.1 Å². The second kappa shape index (κ2) is 8.94. The number of ether oxygens (including phenoxy) is 3. The molecule has 0 N–H and O–H groups in total. The molecular weight excluding hydrogens is 424 g/mol. The van der Waals surface area contributed by atoms with Crippen LogP contribution in [0.1, 0.15) is 10.4 Å². The zero-order chi connectivity index (χ0) is 21.8. The standard InChI is InChI=1S/C21H22N2O7S/c24-14-16-3-1-2-4-18(16)30-15-21(25)22-7-9-23(10-8-22)31(26,27)17-5-6-19-20(13-17)29-12-11-28-19/h1-6,13-14H,7-12,15H2. The van der Waals surface area contributed by atoms with Crippen molar-refractivity contribution in [1.82, 2.24) is 9.21 Å². The van der Waals surface area contributed by atoms with Crippen LogP contribution in [0.5, 0.6) is 17.2 Å². The molecule has 2 heterocycles. The minimum Gasteiger partial charge on any atom is -0.486 e. The van der Waals surface area contributed by atoms with Gasteiger partial charge < -0.3 is 19.1 Å². The van der Waals surface area contributed by atoms with Gasteiger partial charge in [0.05, 0.1) is 10.5 Å². The lowest BCUT2D eigenvalue weighted by molar-refractivity contribution is -0.134. The van der Waals surface area contributed by atoms with E-state index in [0.29, 0.717) is 42.3 Å². The number of carbonyl (C=O) groups is 2. The van der Waals surface area contributed by atoms with E-state index in [-0.39, 0.29) is 43.6 Å². The van der Waals surface area contributed by atoms with E-state index >= 15 is 0 Å². The summed E-state index contributed by atoms with van der Waals surface area (Å²) >= 11 is 0. The van der Waals surface area contributed by atoms with Crippen LogP contribution in [0.4, 0.5) is 0 Å². The normalized spacial score (nSPS) is 16.6. The number of hydrogen-bond donors (Lipinski definition) is 0. The van der Waals surface area contributed by atoms with Gasteiger partial charge in [0.25, 0.3) is 5.91 Å². The van der Waals surface area contributed by atoms with E-state index in [1.54, 1.807) is 35.2 Å². The van der Waals surface area contributed by atoms with Gasteiger partial charge in [0.1, 0.15) is 19.0 Å². The van der Waals surface area contributed by atoms with Crippen LogP contribution in [0, 0.1) is 0 Å². The summed E-state index contributed by atoms with van der Waals surface area (Å²) in [6.45, 7) is 1.43. The Bertz CT molecular complexity index is 1080. The molecule has 2 aliphatic heterocycles. The van der Waals surface area contributed by atoms with E-state index in [1.807, 2.05) is 0 Å². The molecule has 0 aliphatic carbocycles. The van der Waals surface area contributed by atoms with E-state index in [1.165, 1.54) is 16.4 Å². The number of para-hydroxylation sites is 1. The molecular formula is C21H22N2O7S. The van der Waals surface area contributed by atoms with Crippen LogP contribution in [-0.4, -0.2) is 75.8 Å². The van der Waals surface area contributed by atoms with Crippen molar-refractivity contribution in [3.63, 3.8) is 0 Å². The molecule has 0 aromatic heterocycles. The summed E-state index contributed by atoms with van der Waals surface area (Å²) in [5.41, 5.74) is 0.366. The number of fused-ring (bicyclic) bond motifs is 1. The zero-order valence-electron chi connectivity index (χ0n) is 16.7. The van der Waals surface area contributed by atoms with Gasteiger partial charge in [0, 0.05) is 32.2 Å². The Hall–Kier alpha value is -3.11. The van der Waals surface area contributed by atoms with Crippen molar-refractivity contribution in [2.24, 2.45) is 0 Å². The summed E-state index contributed by atoms with van der Waals surface area (Å²) in [5.74, 6) is 1.01. The summed E-state index contributed by atoms with van der Waals surface area (Å²) in [4.78, 5) is 25.2. The van der Waals surface area contributed by atoms with Crippen LogP contribution in [-0.2, 0) is 14.8 Å². The highest BCUT2D eigenvalue weighted by molar-refractivity contribution is 7.89. The third-order valence-electron chi connectivity index (χ3n) is 5.14. The van der Waals surface area contributed by atoms with Crippen LogP contribution < -0.4 is 14.2 Å². The molecule has 0 atom stereocenters. The van der Waals surface area contributed by atoms with Crippen LogP contribution in [0.15, 0.2) is 47.4 Å². The maximum Gasteiger partial charge on any atom is 0.260 e. The molecule has 2 aromatic rings. The van der Waals surface area contributed by atoms with Gasteiger partial charge in [-0.25, -0.2) is 8.42 Å². The molecule has 1 amide bonds. The fourth-order valence-electron chi connectivity index (χ4n) is 3.45. The van der Waals surface area contributed by atoms with E-state index in [2.05, 4.69) is 0 Å². The molecule has 4 rings (SSSR count). The molecule has 164 valence electrons. The fourth-order valence-corrected chi connectivity index (χ4v) is 4.89. The van der Waals surface area contributed by atoms with Gasteiger partial charge in [-0.05, 0) is 24.3 Å². The van der Waals surface area contributed by atoms with E-state index < -0.39 is 10.0 Å². The van der Waals surface area contributed by atoms with Gasteiger partial charge in [-0.2, -0.15) is 4.31 Å². The van der Waals surface area contributed by atoms with E-state index in [0.717, 1.165) is 0 Å². The molecule has 31 heavy (non-hydrogen) atoms. The summed E-state index contributed by atoms with van der Waals surface area (Å²) in [7, 11) is -3.72. The van der Waals surface area contributed by atoms with Crippen molar-refractivity contribution >= 4 is 22.2 Å². The highest BCUT2D eigenvalue weighted by Crippen LogP contribution is 2.33. The molecule has 9 nitrogen and oxygen atoms in total. The Kier molecular flexibility index (Phi) is 6.10. The van der Waals surface area contributed by atoms with Crippen LogP contribution >= 0.6 is 0 Å². The molecule has 2 aromatic carbocycles. The van der Waals surface area contributed by atoms with Crippen molar-refractivity contribution in [3.05, 3.63) is 48.0 Å². The second-order valence-electron chi connectivity index (χ2n) is 7.03. The average molecular weight is 446 g/mol. The SMILES string of the molecule is O=Cc1ccccc1OCC(=O)N1CCN(S(=O)(=O)c2ccc3c(c2)OCCO3)CC1. The summed E-state index contributed by atoms with van der Waals surface area (Å²) in [5, 5.41) is 0. The molecule has 10 heteroatoms. The predicted octanol–water partition coefficient (Wildman–Crippen LogP) is 1.18. The number of hydrogen-bond acceptors (Lipinski definition) is 7. The van der Waals surface area contributed by atoms with Gasteiger partial charge in [-0.3, -0.25) is 9.59 Å². The van der Waals surface area contributed by atoms with E-state index in [4.69, 9.17) is 14.2 Å². The molecule has 0 unspecified atom stereocenters. The Balaban J connectivity index is 1.35. The second-order valence-corrected chi connectivity index (χ2v) is 8.97.